The van der Waals surface area contributed by atoms with Gasteiger partial charge in [0.25, 0.3) is 0 Å². The maximum Gasteiger partial charge on any atom is 0.0897 e. The molecule has 0 aliphatic heterocycles. The Morgan fingerprint density at radius 2 is 2.00 bits per heavy atom. The highest BCUT2D eigenvalue weighted by atomic mass is 79.9. The Kier molecular flexibility index (Phi) is 4.91. The number of benzene rings is 1. The molecular formula is C12H13Br2N3S. The maximum absolute atomic E-state index is 5.65. The average Bonchev–Trinajstić information content (AvgIpc) is 2.70. The Hall–Kier alpha value is -0.270. The molecule has 0 aliphatic carbocycles. The zero-order valence-corrected chi connectivity index (χ0v) is 13.8. The lowest BCUT2D eigenvalue weighted by molar-refractivity contribution is 0.546. The highest BCUT2D eigenvalue weighted by Crippen LogP contribution is 2.26. The summed E-state index contributed by atoms with van der Waals surface area (Å²) in [5.74, 6) is 5.65. The number of halogens is 2. The quantitative estimate of drug-likeness (QED) is 0.617. The average molecular weight is 391 g/mol. The molecule has 1 heterocycles. The van der Waals surface area contributed by atoms with Gasteiger partial charge < -0.3 is 0 Å². The van der Waals surface area contributed by atoms with Crippen LogP contribution in [0.2, 0.25) is 0 Å². The summed E-state index contributed by atoms with van der Waals surface area (Å²) in [7, 11) is 0. The number of nitrogens with two attached hydrogens (primary N) is 1. The maximum atomic E-state index is 5.65. The number of aryl methyl sites for hydroxylation is 1. The largest absolute Gasteiger partial charge is 0.271 e. The van der Waals surface area contributed by atoms with Crippen molar-refractivity contribution in [2.24, 2.45) is 5.84 Å². The van der Waals surface area contributed by atoms with E-state index in [1.165, 1.54) is 0 Å². The number of nitrogens with one attached hydrogen (secondary N) is 1. The first kappa shape index (κ1) is 14.1. The Balaban J connectivity index is 2.22. The second-order valence-electron chi connectivity index (χ2n) is 3.98. The molecule has 6 heteroatoms. The minimum Gasteiger partial charge on any atom is -0.271 e. The first-order valence-corrected chi connectivity index (χ1v) is 7.88. The van der Waals surface area contributed by atoms with Crippen LogP contribution >= 0.6 is 43.2 Å². The van der Waals surface area contributed by atoms with Gasteiger partial charge in [-0.15, -0.1) is 11.3 Å². The van der Waals surface area contributed by atoms with Crippen LogP contribution in [0.4, 0.5) is 0 Å². The molecule has 2 aromatic rings. The Labute approximate surface area is 127 Å². The number of hydrogen-bond donors (Lipinski definition) is 2. The van der Waals surface area contributed by atoms with Crippen molar-refractivity contribution in [2.45, 2.75) is 19.4 Å². The van der Waals surface area contributed by atoms with Gasteiger partial charge in [0, 0.05) is 20.7 Å². The SMILES string of the molecule is Cc1nc(CC(NN)c2cc(Br)cc(Br)c2)cs1. The highest BCUT2D eigenvalue weighted by molar-refractivity contribution is 9.11. The van der Waals surface area contributed by atoms with Gasteiger partial charge in [-0.2, -0.15) is 0 Å². The van der Waals surface area contributed by atoms with Gasteiger partial charge in [-0.3, -0.25) is 11.3 Å². The van der Waals surface area contributed by atoms with E-state index in [9.17, 15) is 0 Å². The van der Waals surface area contributed by atoms with Crippen LogP contribution in [0, 0.1) is 6.92 Å². The summed E-state index contributed by atoms with van der Waals surface area (Å²) in [6, 6.07) is 6.19. The van der Waals surface area contributed by atoms with Crippen LogP contribution in [0.3, 0.4) is 0 Å². The Morgan fingerprint density at radius 3 is 2.50 bits per heavy atom. The lowest BCUT2D eigenvalue weighted by Gasteiger charge is -2.16. The topological polar surface area (TPSA) is 50.9 Å². The van der Waals surface area contributed by atoms with E-state index in [-0.39, 0.29) is 6.04 Å². The highest BCUT2D eigenvalue weighted by Gasteiger charge is 2.13. The van der Waals surface area contributed by atoms with E-state index in [0.717, 1.165) is 31.6 Å². The summed E-state index contributed by atoms with van der Waals surface area (Å²) in [5.41, 5.74) is 5.05. The number of thiazole rings is 1. The van der Waals surface area contributed by atoms with Crippen molar-refractivity contribution in [1.82, 2.24) is 10.4 Å². The molecule has 0 bridgehead atoms. The van der Waals surface area contributed by atoms with Crippen molar-refractivity contribution in [3.05, 3.63) is 48.8 Å². The predicted octanol–water partition coefficient (Wildman–Crippen LogP) is 3.72. The number of hydrogen-bond acceptors (Lipinski definition) is 4. The van der Waals surface area contributed by atoms with Crippen LogP contribution < -0.4 is 11.3 Å². The first-order chi connectivity index (χ1) is 8.58. The normalized spacial score (nSPS) is 12.7. The van der Waals surface area contributed by atoms with E-state index in [2.05, 4.69) is 59.8 Å². The number of hydrazine groups is 1. The summed E-state index contributed by atoms with van der Waals surface area (Å²) in [4.78, 5) is 4.47. The molecule has 1 aromatic heterocycles. The molecular weight excluding hydrogens is 378 g/mol. The molecule has 1 aromatic carbocycles. The molecule has 0 fully saturated rings. The third kappa shape index (κ3) is 3.61. The van der Waals surface area contributed by atoms with E-state index in [1.807, 2.05) is 13.0 Å². The van der Waals surface area contributed by atoms with Crippen LogP contribution in [-0.2, 0) is 6.42 Å². The molecule has 2 rings (SSSR count). The van der Waals surface area contributed by atoms with E-state index in [4.69, 9.17) is 5.84 Å². The van der Waals surface area contributed by atoms with Crippen LogP contribution in [0.25, 0.3) is 0 Å². The van der Waals surface area contributed by atoms with Gasteiger partial charge in [0.1, 0.15) is 0 Å². The Morgan fingerprint density at radius 1 is 1.33 bits per heavy atom. The number of aromatic nitrogens is 1. The molecule has 3 nitrogen and oxygen atoms in total. The van der Waals surface area contributed by atoms with Gasteiger partial charge in [0.2, 0.25) is 0 Å². The van der Waals surface area contributed by atoms with Crippen LogP contribution in [-0.4, -0.2) is 4.98 Å². The van der Waals surface area contributed by atoms with Gasteiger partial charge in [0.05, 0.1) is 16.7 Å². The predicted molar refractivity (Wildman–Crippen MR) is 82.5 cm³/mol. The molecule has 0 saturated heterocycles. The van der Waals surface area contributed by atoms with Crippen LogP contribution in [0.1, 0.15) is 22.3 Å². The van der Waals surface area contributed by atoms with Crippen molar-refractivity contribution in [1.29, 1.82) is 0 Å². The molecule has 18 heavy (non-hydrogen) atoms. The van der Waals surface area contributed by atoms with Gasteiger partial charge in [-0.05, 0) is 30.7 Å². The van der Waals surface area contributed by atoms with E-state index in [0.29, 0.717) is 0 Å². The monoisotopic (exact) mass is 389 g/mol. The lowest BCUT2D eigenvalue weighted by Crippen LogP contribution is -2.29. The van der Waals surface area contributed by atoms with Crippen molar-refractivity contribution < 1.29 is 0 Å². The van der Waals surface area contributed by atoms with Crippen molar-refractivity contribution in [3.63, 3.8) is 0 Å². The fraction of sp³-hybridized carbons (Fsp3) is 0.250. The zero-order valence-electron chi connectivity index (χ0n) is 9.78. The zero-order chi connectivity index (χ0) is 13.1. The van der Waals surface area contributed by atoms with Crippen LogP contribution in [0.15, 0.2) is 32.5 Å². The lowest BCUT2D eigenvalue weighted by atomic mass is 10.0. The molecule has 0 aliphatic rings. The van der Waals surface area contributed by atoms with Crippen molar-refractivity contribution in [3.8, 4) is 0 Å². The fourth-order valence-corrected chi connectivity index (χ4v) is 3.72. The van der Waals surface area contributed by atoms with Crippen molar-refractivity contribution >= 4 is 43.2 Å². The molecule has 0 saturated carbocycles. The van der Waals surface area contributed by atoms with Gasteiger partial charge in [0.15, 0.2) is 0 Å². The summed E-state index contributed by atoms with van der Waals surface area (Å²) in [6.07, 6.45) is 0.781. The third-order valence-corrected chi connectivity index (χ3v) is 4.31. The number of rotatable bonds is 4. The second kappa shape index (κ2) is 6.25. The molecule has 0 spiro atoms. The minimum atomic E-state index is 0.0558. The number of nitrogens with zero attached hydrogens (tertiary/aromatic N) is 1. The van der Waals surface area contributed by atoms with E-state index >= 15 is 0 Å². The summed E-state index contributed by atoms with van der Waals surface area (Å²) in [5, 5.41) is 3.16. The summed E-state index contributed by atoms with van der Waals surface area (Å²) >= 11 is 8.64. The van der Waals surface area contributed by atoms with Crippen LogP contribution in [0.5, 0.6) is 0 Å². The van der Waals surface area contributed by atoms with Gasteiger partial charge in [-0.25, -0.2) is 4.98 Å². The minimum absolute atomic E-state index is 0.0558. The fourth-order valence-electron chi connectivity index (χ4n) is 1.76. The van der Waals surface area contributed by atoms with E-state index in [1.54, 1.807) is 11.3 Å². The molecule has 96 valence electrons. The second-order valence-corrected chi connectivity index (χ2v) is 6.88. The summed E-state index contributed by atoms with van der Waals surface area (Å²) in [6.45, 7) is 2.01. The molecule has 1 unspecified atom stereocenters. The molecule has 3 N–H and O–H groups in total. The summed E-state index contributed by atoms with van der Waals surface area (Å²) < 4.78 is 2.06. The third-order valence-electron chi connectivity index (χ3n) is 2.57. The first-order valence-electron chi connectivity index (χ1n) is 5.41. The smallest absolute Gasteiger partial charge is 0.0897 e. The standard InChI is InChI=1S/C12H13Br2N3S/c1-7-16-11(6-18-7)5-12(17-15)8-2-9(13)4-10(14)3-8/h2-4,6,12,17H,5,15H2,1H3. The van der Waals surface area contributed by atoms with Gasteiger partial charge in [-0.1, -0.05) is 31.9 Å². The van der Waals surface area contributed by atoms with E-state index < -0.39 is 0 Å². The van der Waals surface area contributed by atoms with Crippen molar-refractivity contribution in [2.75, 3.05) is 0 Å². The molecule has 1 atom stereocenters. The Bertz CT molecular complexity index is 522. The molecule has 0 radical (unpaired) electrons. The van der Waals surface area contributed by atoms with Gasteiger partial charge >= 0.3 is 0 Å². The molecule has 0 amide bonds.